The van der Waals surface area contributed by atoms with Gasteiger partial charge in [0.1, 0.15) is 0 Å². The van der Waals surface area contributed by atoms with E-state index < -0.39 is 14.6 Å². The van der Waals surface area contributed by atoms with Crippen LogP contribution in [0.4, 0.5) is 0 Å². The minimum absolute atomic E-state index is 0.206. The summed E-state index contributed by atoms with van der Waals surface area (Å²) in [5.41, 5.74) is 2.06. The van der Waals surface area contributed by atoms with Gasteiger partial charge in [-0.2, -0.15) is 0 Å². The highest BCUT2D eigenvalue weighted by molar-refractivity contribution is 7.92. The Morgan fingerprint density at radius 3 is 2.63 bits per heavy atom. The Bertz CT molecular complexity index is 848. The van der Waals surface area contributed by atoms with E-state index in [-0.39, 0.29) is 6.10 Å². The van der Waals surface area contributed by atoms with Crippen molar-refractivity contribution in [3.63, 3.8) is 0 Å². The van der Waals surface area contributed by atoms with Crippen LogP contribution in [-0.2, 0) is 25.9 Å². The normalized spacial score (nSPS) is 23.3. The lowest BCUT2D eigenvalue weighted by atomic mass is 9.92. The fraction of sp³-hybridized carbons (Fsp3) is 0.455. The smallest absolute Gasteiger partial charge is 0.184 e. The molecule has 0 bridgehead atoms. The minimum atomic E-state index is -3.44. The van der Waals surface area contributed by atoms with Gasteiger partial charge in [0.15, 0.2) is 9.84 Å². The average Bonchev–Trinajstić information content (AvgIpc) is 2.69. The number of hydrogen-bond acceptors (Lipinski definition) is 4. The first-order valence-corrected chi connectivity index (χ1v) is 11.0. The van der Waals surface area contributed by atoms with E-state index in [0.29, 0.717) is 44.0 Å². The summed E-state index contributed by atoms with van der Waals surface area (Å²) in [4.78, 5) is 0.412. The van der Waals surface area contributed by atoms with Gasteiger partial charge in [0.25, 0.3) is 0 Å². The Balaban J connectivity index is 1.71. The van der Waals surface area contributed by atoms with Gasteiger partial charge in [0, 0.05) is 6.61 Å². The molecule has 27 heavy (non-hydrogen) atoms. The van der Waals surface area contributed by atoms with E-state index in [4.69, 9.17) is 9.47 Å². The maximum absolute atomic E-state index is 13.4. The summed E-state index contributed by atoms with van der Waals surface area (Å²) in [5.74, 6) is 0. The van der Waals surface area contributed by atoms with Crippen molar-refractivity contribution >= 4 is 9.84 Å². The number of hydrogen-bond donors (Lipinski definition) is 0. The highest BCUT2D eigenvalue weighted by atomic mass is 32.2. The van der Waals surface area contributed by atoms with Crippen LogP contribution in [0.2, 0.25) is 0 Å². The van der Waals surface area contributed by atoms with E-state index >= 15 is 0 Å². The molecule has 2 unspecified atom stereocenters. The zero-order chi connectivity index (χ0) is 19.3. The lowest BCUT2D eigenvalue weighted by molar-refractivity contribution is -0.0561. The first-order valence-electron chi connectivity index (χ1n) is 9.51. The second kappa shape index (κ2) is 8.55. The van der Waals surface area contributed by atoms with Crippen LogP contribution in [0.3, 0.4) is 0 Å². The molecule has 1 aliphatic rings. The van der Waals surface area contributed by atoms with Gasteiger partial charge in [0.05, 0.1) is 29.0 Å². The van der Waals surface area contributed by atoms with Gasteiger partial charge in [-0.15, -0.1) is 0 Å². The van der Waals surface area contributed by atoms with Gasteiger partial charge < -0.3 is 9.47 Å². The van der Waals surface area contributed by atoms with Crippen LogP contribution in [-0.4, -0.2) is 32.5 Å². The van der Waals surface area contributed by atoms with Crippen LogP contribution in [0.5, 0.6) is 0 Å². The summed E-state index contributed by atoms with van der Waals surface area (Å²) in [6, 6.07) is 17.2. The molecule has 2 atom stereocenters. The number of rotatable bonds is 7. The van der Waals surface area contributed by atoms with Crippen molar-refractivity contribution in [2.75, 3.05) is 13.2 Å². The van der Waals surface area contributed by atoms with Crippen LogP contribution in [0, 0.1) is 6.92 Å². The molecule has 1 heterocycles. The molecule has 146 valence electrons. The third-order valence-corrected chi connectivity index (χ3v) is 8.11. The largest absolute Gasteiger partial charge is 0.376 e. The number of sulfone groups is 1. The summed E-state index contributed by atoms with van der Waals surface area (Å²) in [7, 11) is -3.44. The van der Waals surface area contributed by atoms with Gasteiger partial charge in [-0.05, 0) is 49.4 Å². The molecule has 3 rings (SSSR count). The minimum Gasteiger partial charge on any atom is -0.376 e. The average molecular weight is 389 g/mol. The van der Waals surface area contributed by atoms with E-state index in [1.807, 2.05) is 56.3 Å². The predicted octanol–water partition coefficient (Wildman–Crippen LogP) is 4.31. The van der Waals surface area contributed by atoms with Crippen molar-refractivity contribution < 1.29 is 17.9 Å². The van der Waals surface area contributed by atoms with E-state index in [0.717, 1.165) is 11.1 Å². The Kier molecular flexibility index (Phi) is 6.35. The zero-order valence-electron chi connectivity index (χ0n) is 16.1. The molecule has 1 saturated heterocycles. The fourth-order valence-corrected chi connectivity index (χ4v) is 6.00. The molecule has 2 aromatic rings. The third-order valence-electron chi connectivity index (χ3n) is 5.44. The second-order valence-corrected chi connectivity index (χ2v) is 9.65. The number of ether oxygens (including phenoxy) is 2. The lowest BCUT2D eigenvalue weighted by Gasteiger charge is -2.39. The predicted molar refractivity (Wildman–Crippen MR) is 106 cm³/mol. The maximum atomic E-state index is 13.4. The quantitative estimate of drug-likeness (QED) is 0.709. The van der Waals surface area contributed by atoms with Crippen LogP contribution >= 0.6 is 0 Å². The van der Waals surface area contributed by atoms with E-state index in [1.54, 1.807) is 12.1 Å². The molecule has 1 aliphatic heterocycles. The molecule has 0 aliphatic carbocycles. The van der Waals surface area contributed by atoms with Gasteiger partial charge in [-0.25, -0.2) is 8.42 Å². The van der Waals surface area contributed by atoms with Crippen LogP contribution in [0.1, 0.15) is 37.3 Å². The molecule has 0 spiro atoms. The first kappa shape index (κ1) is 20.1. The molecule has 1 fully saturated rings. The highest BCUT2D eigenvalue weighted by Gasteiger charge is 2.47. The molecule has 0 N–H and O–H groups in total. The monoisotopic (exact) mass is 388 g/mol. The molecule has 2 aromatic carbocycles. The van der Waals surface area contributed by atoms with Gasteiger partial charge >= 0.3 is 0 Å². The standard InChI is InChI=1S/C22H28O4S/c1-3-22(27(23,24)21-11-7-8-18(2)14-21)12-13-26-20(15-22)17-25-16-19-9-5-4-6-10-19/h4-11,14,20H,3,12-13,15-17H2,1-2H3. The summed E-state index contributed by atoms with van der Waals surface area (Å²) in [6.45, 7) is 5.23. The Labute approximate surface area is 162 Å². The Morgan fingerprint density at radius 1 is 1.15 bits per heavy atom. The first-order chi connectivity index (χ1) is 13.0. The van der Waals surface area contributed by atoms with E-state index in [1.165, 1.54) is 0 Å². The molecule has 0 amide bonds. The molecule has 4 nitrogen and oxygen atoms in total. The molecule has 5 heteroatoms. The van der Waals surface area contributed by atoms with Crippen LogP contribution < -0.4 is 0 Å². The van der Waals surface area contributed by atoms with E-state index in [2.05, 4.69) is 0 Å². The Morgan fingerprint density at radius 2 is 1.93 bits per heavy atom. The number of benzene rings is 2. The van der Waals surface area contributed by atoms with Crippen molar-refractivity contribution in [3.05, 3.63) is 65.7 Å². The fourth-order valence-electron chi connectivity index (χ4n) is 3.76. The van der Waals surface area contributed by atoms with Crippen molar-refractivity contribution in [2.24, 2.45) is 0 Å². The van der Waals surface area contributed by atoms with Gasteiger partial charge in [-0.3, -0.25) is 0 Å². The second-order valence-electron chi connectivity index (χ2n) is 7.30. The van der Waals surface area contributed by atoms with Crippen molar-refractivity contribution in [3.8, 4) is 0 Å². The highest BCUT2D eigenvalue weighted by Crippen LogP contribution is 2.39. The van der Waals surface area contributed by atoms with Crippen LogP contribution in [0.25, 0.3) is 0 Å². The molecular formula is C22H28O4S. The molecule has 0 radical (unpaired) electrons. The molecule has 0 aromatic heterocycles. The van der Waals surface area contributed by atoms with Crippen molar-refractivity contribution in [1.82, 2.24) is 0 Å². The molecular weight excluding hydrogens is 360 g/mol. The van der Waals surface area contributed by atoms with Gasteiger partial charge in [-0.1, -0.05) is 49.4 Å². The van der Waals surface area contributed by atoms with E-state index in [9.17, 15) is 8.42 Å². The van der Waals surface area contributed by atoms with Crippen LogP contribution in [0.15, 0.2) is 59.5 Å². The number of aryl methyl sites for hydroxylation is 1. The summed E-state index contributed by atoms with van der Waals surface area (Å²) in [6.07, 6.45) is 1.35. The van der Waals surface area contributed by atoms with Crippen molar-refractivity contribution in [1.29, 1.82) is 0 Å². The maximum Gasteiger partial charge on any atom is 0.184 e. The summed E-state index contributed by atoms with van der Waals surface area (Å²) >= 11 is 0. The topological polar surface area (TPSA) is 52.6 Å². The van der Waals surface area contributed by atoms with Crippen molar-refractivity contribution in [2.45, 2.75) is 55.5 Å². The Hall–Kier alpha value is -1.69. The molecule has 0 saturated carbocycles. The lowest BCUT2D eigenvalue weighted by Crippen LogP contribution is -2.47. The zero-order valence-corrected chi connectivity index (χ0v) is 16.9. The summed E-state index contributed by atoms with van der Waals surface area (Å²) < 4.78 is 37.7. The third kappa shape index (κ3) is 4.42. The summed E-state index contributed by atoms with van der Waals surface area (Å²) in [5, 5.41) is 0. The van der Waals surface area contributed by atoms with Gasteiger partial charge in [0.2, 0.25) is 0 Å². The SMILES string of the molecule is CCC1(S(=O)(=O)c2cccc(C)c2)CCOC(COCc2ccccc2)C1.